The lowest BCUT2D eigenvalue weighted by molar-refractivity contribution is 0.332. The molecule has 0 radical (unpaired) electrons. The van der Waals surface area contributed by atoms with Crippen LogP contribution in [0.1, 0.15) is 37.5 Å². The quantitative estimate of drug-likeness (QED) is 0.797. The van der Waals surface area contributed by atoms with E-state index in [0.29, 0.717) is 5.92 Å². The molecular weight excluding hydrogens is 200 g/mol. The van der Waals surface area contributed by atoms with Crippen molar-refractivity contribution in [3.63, 3.8) is 0 Å². The van der Waals surface area contributed by atoms with Gasteiger partial charge in [0.2, 0.25) is 0 Å². The van der Waals surface area contributed by atoms with Crippen molar-refractivity contribution in [2.24, 2.45) is 5.73 Å². The lowest BCUT2D eigenvalue weighted by Crippen LogP contribution is -2.31. The second-order valence-electron chi connectivity index (χ2n) is 4.57. The number of hydrogen-bond donors (Lipinski definition) is 1. The fourth-order valence-corrected chi connectivity index (χ4v) is 2.51. The molecule has 2 aromatic rings. The molecule has 1 aromatic carbocycles. The number of para-hydroxylation sites is 2. The molecule has 3 heteroatoms. The number of oxazole rings is 1. The highest BCUT2D eigenvalue weighted by atomic mass is 16.3. The third kappa shape index (κ3) is 1.61. The predicted octanol–water partition coefficient (Wildman–Crippen LogP) is 2.81. The Morgan fingerprint density at radius 1 is 1.19 bits per heavy atom. The second-order valence-corrected chi connectivity index (χ2v) is 4.57. The molecule has 2 N–H and O–H groups in total. The van der Waals surface area contributed by atoms with Gasteiger partial charge in [0.05, 0.1) is 5.92 Å². The summed E-state index contributed by atoms with van der Waals surface area (Å²) in [5.74, 6) is 1.13. The summed E-state index contributed by atoms with van der Waals surface area (Å²) in [5, 5.41) is 0. The summed E-state index contributed by atoms with van der Waals surface area (Å²) in [6.07, 6.45) is 4.66. The molecule has 1 saturated carbocycles. The molecule has 1 heterocycles. The predicted molar refractivity (Wildman–Crippen MR) is 63.2 cm³/mol. The zero-order chi connectivity index (χ0) is 11.0. The summed E-state index contributed by atoms with van der Waals surface area (Å²) in [6.45, 7) is 0. The van der Waals surface area contributed by atoms with Crippen LogP contribution >= 0.6 is 0 Å². The van der Waals surface area contributed by atoms with Gasteiger partial charge >= 0.3 is 0 Å². The zero-order valence-corrected chi connectivity index (χ0v) is 9.23. The lowest BCUT2D eigenvalue weighted by atomic mass is 9.85. The molecule has 0 saturated heterocycles. The highest BCUT2D eigenvalue weighted by Crippen LogP contribution is 2.32. The fraction of sp³-hybridized carbons (Fsp3) is 0.462. The first kappa shape index (κ1) is 9.85. The monoisotopic (exact) mass is 216 g/mol. The standard InChI is InChI=1S/C13H16N2O/c14-10-6-2-1-5-9(10)13-15-11-7-3-4-8-12(11)16-13/h3-4,7-10H,1-2,5-6,14H2. The van der Waals surface area contributed by atoms with Crippen LogP contribution in [0, 0.1) is 0 Å². The van der Waals surface area contributed by atoms with E-state index in [1.807, 2.05) is 24.3 Å². The summed E-state index contributed by atoms with van der Waals surface area (Å²) in [5.41, 5.74) is 7.94. The topological polar surface area (TPSA) is 52.0 Å². The molecule has 16 heavy (non-hydrogen) atoms. The van der Waals surface area contributed by atoms with Crippen molar-refractivity contribution in [1.29, 1.82) is 0 Å². The Morgan fingerprint density at radius 2 is 2.00 bits per heavy atom. The molecule has 1 aromatic heterocycles. The first-order valence-electron chi connectivity index (χ1n) is 5.95. The molecule has 1 aliphatic carbocycles. The molecular formula is C13H16N2O. The summed E-state index contributed by atoms with van der Waals surface area (Å²) >= 11 is 0. The number of aromatic nitrogens is 1. The molecule has 1 aliphatic rings. The second kappa shape index (κ2) is 3.91. The Labute approximate surface area is 94.7 Å². The van der Waals surface area contributed by atoms with Crippen molar-refractivity contribution in [2.75, 3.05) is 0 Å². The first-order chi connectivity index (χ1) is 7.84. The van der Waals surface area contributed by atoms with Gasteiger partial charge in [0, 0.05) is 6.04 Å². The van der Waals surface area contributed by atoms with E-state index in [-0.39, 0.29) is 6.04 Å². The van der Waals surface area contributed by atoms with E-state index in [4.69, 9.17) is 10.2 Å². The van der Waals surface area contributed by atoms with Crippen molar-refractivity contribution in [2.45, 2.75) is 37.6 Å². The number of nitrogens with zero attached hydrogens (tertiary/aromatic N) is 1. The summed E-state index contributed by atoms with van der Waals surface area (Å²) in [7, 11) is 0. The largest absolute Gasteiger partial charge is 0.440 e. The summed E-state index contributed by atoms with van der Waals surface area (Å²) in [4.78, 5) is 4.54. The van der Waals surface area contributed by atoms with Crippen molar-refractivity contribution < 1.29 is 4.42 Å². The number of fused-ring (bicyclic) bond motifs is 1. The van der Waals surface area contributed by atoms with Crippen molar-refractivity contribution in [3.05, 3.63) is 30.2 Å². The van der Waals surface area contributed by atoms with Crippen LogP contribution in [-0.2, 0) is 0 Å². The van der Waals surface area contributed by atoms with Crippen LogP contribution in [-0.4, -0.2) is 11.0 Å². The minimum absolute atomic E-state index is 0.210. The molecule has 2 atom stereocenters. The van der Waals surface area contributed by atoms with Gasteiger partial charge in [-0.25, -0.2) is 4.98 Å². The molecule has 0 bridgehead atoms. The van der Waals surface area contributed by atoms with Crippen LogP contribution in [0.5, 0.6) is 0 Å². The molecule has 1 fully saturated rings. The third-order valence-corrected chi connectivity index (χ3v) is 3.45. The first-order valence-corrected chi connectivity index (χ1v) is 5.95. The van der Waals surface area contributed by atoms with Crippen LogP contribution in [0.4, 0.5) is 0 Å². The lowest BCUT2D eigenvalue weighted by Gasteiger charge is -2.25. The fourth-order valence-electron chi connectivity index (χ4n) is 2.51. The molecule has 2 unspecified atom stereocenters. The molecule has 3 nitrogen and oxygen atoms in total. The van der Waals surface area contributed by atoms with Gasteiger partial charge in [0.15, 0.2) is 11.5 Å². The van der Waals surface area contributed by atoms with Crippen LogP contribution in [0.15, 0.2) is 28.7 Å². The summed E-state index contributed by atoms with van der Waals surface area (Å²) in [6, 6.07) is 8.10. The summed E-state index contributed by atoms with van der Waals surface area (Å²) < 4.78 is 5.79. The van der Waals surface area contributed by atoms with Gasteiger partial charge in [-0.15, -0.1) is 0 Å². The van der Waals surface area contributed by atoms with E-state index in [0.717, 1.165) is 29.8 Å². The van der Waals surface area contributed by atoms with Crippen molar-refractivity contribution in [1.82, 2.24) is 4.98 Å². The van der Waals surface area contributed by atoms with E-state index >= 15 is 0 Å². The van der Waals surface area contributed by atoms with Gasteiger partial charge in [-0.05, 0) is 25.0 Å². The normalized spacial score (nSPS) is 26.1. The zero-order valence-electron chi connectivity index (χ0n) is 9.23. The molecule has 0 amide bonds. The SMILES string of the molecule is NC1CCCCC1c1nc2ccccc2o1. The van der Waals surface area contributed by atoms with Gasteiger partial charge in [0.1, 0.15) is 5.52 Å². The van der Waals surface area contributed by atoms with Crippen molar-refractivity contribution >= 4 is 11.1 Å². The third-order valence-electron chi connectivity index (χ3n) is 3.45. The van der Waals surface area contributed by atoms with Crippen LogP contribution in [0.3, 0.4) is 0 Å². The maximum absolute atomic E-state index is 6.13. The highest BCUT2D eigenvalue weighted by molar-refractivity contribution is 5.72. The average Bonchev–Trinajstić information content (AvgIpc) is 2.73. The Hall–Kier alpha value is -1.35. The number of hydrogen-bond acceptors (Lipinski definition) is 3. The van der Waals surface area contributed by atoms with E-state index in [1.165, 1.54) is 12.8 Å². The van der Waals surface area contributed by atoms with Gasteiger partial charge in [-0.2, -0.15) is 0 Å². The van der Waals surface area contributed by atoms with Crippen LogP contribution in [0.2, 0.25) is 0 Å². The molecule has 0 spiro atoms. The molecule has 3 rings (SSSR count). The molecule has 84 valence electrons. The maximum atomic E-state index is 6.13. The number of benzene rings is 1. The van der Waals surface area contributed by atoms with Gasteiger partial charge in [0.25, 0.3) is 0 Å². The Morgan fingerprint density at radius 3 is 2.81 bits per heavy atom. The van der Waals surface area contributed by atoms with Crippen molar-refractivity contribution in [3.8, 4) is 0 Å². The Kier molecular flexibility index (Phi) is 2.40. The van der Waals surface area contributed by atoms with E-state index in [9.17, 15) is 0 Å². The van der Waals surface area contributed by atoms with E-state index in [1.54, 1.807) is 0 Å². The van der Waals surface area contributed by atoms with Crippen LogP contribution < -0.4 is 5.73 Å². The van der Waals surface area contributed by atoms with E-state index in [2.05, 4.69) is 4.98 Å². The number of rotatable bonds is 1. The smallest absolute Gasteiger partial charge is 0.200 e. The van der Waals surface area contributed by atoms with Gasteiger partial charge in [-0.3, -0.25) is 0 Å². The van der Waals surface area contributed by atoms with Crippen LogP contribution in [0.25, 0.3) is 11.1 Å². The molecule has 0 aliphatic heterocycles. The minimum Gasteiger partial charge on any atom is -0.440 e. The van der Waals surface area contributed by atoms with E-state index < -0.39 is 0 Å². The maximum Gasteiger partial charge on any atom is 0.200 e. The average molecular weight is 216 g/mol. The Bertz CT molecular complexity index is 458. The Balaban J connectivity index is 1.98. The number of nitrogens with two attached hydrogens (primary N) is 1. The van der Waals surface area contributed by atoms with Gasteiger partial charge < -0.3 is 10.2 Å². The minimum atomic E-state index is 0.210. The highest BCUT2D eigenvalue weighted by Gasteiger charge is 2.27. The van der Waals surface area contributed by atoms with Gasteiger partial charge in [-0.1, -0.05) is 25.0 Å².